The number of hydrogen-bond acceptors (Lipinski definition) is 3. The summed E-state index contributed by atoms with van der Waals surface area (Å²) in [7, 11) is 0. The van der Waals surface area contributed by atoms with Gasteiger partial charge in [0.15, 0.2) is 0 Å². The van der Waals surface area contributed by atoms with E-state index in [1.165, 1.54) is 25.7 Å². The number of amides is 3. The van der Waals surface area contributed by atoms with Crippen LogP contribution in [0.1, 0.15) is 45.4 Å². The first-order valence-corrected chi connectivity index (χ1v) is 9.76. The molecule has 0 aromatic heterocycles. The molecule has 3 fully saturated rings. The summed E-state index contributed by atoms with van der Waals surface area (Å²) in [5.41, 5.74) is 0. The normalized spacial score (nSPS) is 24.4. The van der Waals surface area contributed by atoms with E-state index in [9.17, 15) is 9.59 Å². The maximum absolute atomic E-state index is 13.1. The van der Waals surface area contributed by atoms with Crippen molar-refractivity contribution in [3.05, 3.63) is 0 Å². The van der Waals surface area contributed by atoms with Gasteiger partial charge in [-0.1, -0.05) is 12.8 Å². The Morgan fingerprint density at radius 2 is 1.54 bits per heavy atom. The zero-order chi connectivity index (χ0) is 16.9. The SMILES string of the molecule is CCNC(=O)N1CCN([C@H](C(=O)N2CCCC2)C2CCCC2)CC1. The van der Waals surface area contributed by atoms with Crippen LogP contribution in [0.4, 0.5) is 4.79 Å². The predicted octanol–water partition coefficient (Wildman–Crippen LogP) is 1.51. The van der Waals surface area contributed by atoms with Crippen LogP contribution in [0.3, 0.4) is 0 Å². The lowest BCUT2D eigenvalue weighted by Gasteiger charge is -2.41. The summed E-state index contributed by atoms with van der Waals surface area (Å²) < 4.78 is 0. The van der Waals surface area contributed by atoms with Gasteiger partial charge in [-0.2, -0.15) is 0 Å². The monoisotopic (exact) mass is 336 g/mol. The maximum atomic E-state index is 13.1. The second-order valence-electron chi connectivity index (χ2n) is 7.38. The van der Waals surface area contributed by atoms with Gasteiger partial charge in [0.1, 0.15) is 0 Å². The van der Waals surface area contributed by atoms with Gasteiger partial charge in [-0.05, 0) is 38.5 Å². The predicted molar refractivity (Wildman–Crippen MR) is 93.8 cm³/mol. The summed E-state index contributed by atoms with van der Waals surface area (Å²) in [6, 6.07) is 0.0717. The van der Waals surface area contributed by atoms with Gasteiger partial charge in [0.2, 0.25) is 5.91 Å². The van der Waals surface area contributed by atoms with Crippen molar-refractivity contribution in [1.82, 2.24) is 20.0 Å². The van der Waals surface area contributed by atoms with Crippen LogP contribution in [0.5, 0.6) is 0 Å². The number of nitrogens with one attached hydrogen (secondary N) is 1. The van der Waals surface area contributed by atoms with Gasteiger partial charge in [0, 0.05) is 45.8 Å². The molecule has 2 aliphatic heterocycles. The molecule has 1 atom stereocenters. The molecular weight excluding hydrogens is 304 g/mol. The van der Waals surface area contributed by atoms with Gasteiger partial charge < -0.3 is 15.1 Å². The molecule has 2 heterocycles. The van der Waals surface area contributed by atoms with Gasteiger partial charge >= 0.3 is 6.03 Å². The van der Waals surface area contributed by atoms with E-state index < -0.39 is 0 Å². The molecule has 3 aliphatic rings. The molecule has 6 nitrogen and oxygen atoms in total. The molecule has 0 aromatic carbocycles. The standard InChI is InChI=1S/C18H32N4O2/c1-2-19-18(24)22-13-11-20(12-14-22)16(15-7-3-4-8-15)17(23)21-9-5-6-10-21/h15-16H,2-14H2,1H3,(H,19,24)/t16-/m0/s1. The molecule has 0 bridgehead atoms. The fraction of sp³-hybridized carbons (Fsp3) is 0.889. The Morgan fingerprint density at radius 1 is 0.917 bits per heavy atom. The van der Waals surface area contributed by atoms with Crippen molar-refractivity contribution in [3.8, 4) is 0 Å². The number of piperazine rings is 1. The number of carbonyl (C=O) groups excluding carboxylic acids is 2. The first-order chi connectivity index (χ1) is 11.7. The number of nitrogens with zero attached hydrogens (tertiary/aromatic N) is 3. The molecule has 0 radical (unpaired) electrons. The summed E-state index contributed by atoms with van der Waals surface area (Å²) in [4.78, 5) is 31.5. The van der Waals surface area contributed by atoms with Crippen LogP contribution in [0.2, 0.25) is 0 Å². The van der Waals surface area contributed by atoms with Gasteiger partial charge in [-0.3, -0.25) is 9.69 Å². The highest BCUT2D eigenvalue weighted by molar-refractivity contribution is 5.82. The Balaban J connectivity index is 1.63. The van der Waals surface area contributed by atoms with Crippen LogP contribution in [0, 0.1) is 5.92 Å². The highest BCUT2D eigenvalue weighted by Gasteiger charge is 2.39. The van der Waals surface area contributed by atoms with E-state index in [2.05, 4.69) is 15.1 Å². The average molecular weight is 336 g/mol. The second kappa shape index (κ2) is 8.19. The quantitative estimate of drug-likeness (QED) is 0.847. The van der Waals surface area contributed by atoms with E-state index in [-0.39, 0.29) is 12.1 Å². The molecule has 136 valence electrons. The van der Waals surface area contributed by atoms with E-state index in [4.69, 9.17) is 0 Å². The number of rotatable bonds is 4. The zero-order valence-electron chi connectivity index (χ0n) is 15.0. The summed E-state index contributed by atoms with van der Waals surface area (Å²) in [6.45, 7) is 7.55. The first kappa shape index (κ1) is 17.5. The molecule has 2 saturated heterocycles. The molecule has 3 amide bonds. The van der Waals surface area contributed by atoms with Gasteiger partial charge in [-0.15, -0.1) is 0 Å². The Labute approximate surface area is 145 Å². The van der Waals surface area contributed by atoms with E-state index in [1.54, 1.807) is 0 Å². The molecule has 3 rings (SSSR count). The Kier molecular flexibility index (Phi) is 5.98. The molecule has 1 saturated carbocycles. The van der Waals surface area contributed by atoms with Gasteiger partial charge in [0.05, 0.1) is 6.04 Å². The molecule has 0 unspecified atom stereocenters. The zero-order valence-corrected chi connectivity index (χ0v) is 15.0. The van der Waals surface area contributed by atoms with E-state index in [0.29, 0.717) is 18.4 Å². The van der Waals surface area contributed by atoms with Gasteiger partial charge in [0.25, 0.3) is 0 Å². The van der Waals surface area contributed by atoms with Crippen molar-refractivity contribution >= 4 is 11.9 Å². The number of hydrogen-bond donors (Lipinski definition) is 1. The fourth-order valence-corrected chi connectivity index (χ4v) is 4.52. The van der Waals surface area contributed by atoms with E-state index in [0.717, 1.165) is 52.1 Å². The Hall–Kier alpha value is -1.30. The third kappa shape index (κ3) is 3.85. The van der Waals surface area contributed by atoms with Crippen molar-refractivity contribution in [2.45, 2.75) is 51.5 Å². The number of likely N-dealkylation sites (tertiary alicyclic amines) is 1. The lowest BCUT2D eigenvalue weighted by Crippen LogP contribution is -2.59. The fourth-order valence-electron chi connectivity index (χ4n) is 4.52. The third-order valence-corrected chi connectivity index (χ3v) is 5.84. The molecule has 1 N–H and O–H groups in total. The molecule has 0 spiro atoms. The summed E-state index contributed by atoms with van der Waals surface area (Å²) in [5.74, 6) is 0.861. The summed E-state index contributed by atoms with van der Waals surface area (Å²) in [5, 5.41) is 2.88. The minimum Gasteiger partial charge on any atom is -0.341 e. The van der Waals surface area contributed by atoms with Gasteiger partial charge in [-0.25, -0.2) is 4.79 Å². The summed E-state index contributed by atoms with van der Waals surface area (Å²) >= 11 is 0. The van der Waals surface area contributed by atoms with Crippen LogP contribution >= 0.6 is 0 Å². The molecular formula is C18H32N4O2. The van der Waals surface area contributed by atoms with Crippen LogP contribution in [0.25, 0.3) is 0 Å². The van der Waals surface area contributed by atoms with Crippen molar-refractivity contribution in [2.75, 3.05) is 45.8 Å². The smallest absolute Gasteiger partial charge is 0.317 e. The van der Waals surface area contributed by atoms with Crippen LogP contribution in [-0.2, 0) is 4.79 Å². The number of carbonyl (C=O) groups is 2. The topological polar surface area (TPSA) is 55.9 Å². The second-order valence-corrected chi connectivity index (χ2v) is 7.38. The average Bonchev–Trinajstić information content (AvgIpc) is 3.30. The Morgan fingerprint density at radius 3 is 2.12 bits per heavy atom. The largest absolute Gasteiger partial charge is 0.341 e. The minimum absolute atomic E-state index is 0.0282. The molecule has 24 heavy (non-hydrogen) atoms. The van der Waals surface area contributed by atoms with Crippen molar-refractivity contribution in [2.24, 2.45) is 5.92 Å². The van der Waals surface area contributed by atoms with Crippen molar-refractivity contribution in [1.29, 1.82) is 0 Å². The molecule has 6 heteroatoms. The molecule has 1 aliphatic carbocycles. The highest BCUT2D eigenvalue weighted by atomic mass is 16.2. The molecule has 0 aromatic rings. The first-order valence-electron chi connectivity index (χ1n) is 9.76. The van der Waals surface area contributed by atoms with Crippen LogP contribution in [0.15, 0.2) is 0 Å². The van der Waals surface area contributed by atoms with Crippen LogP contribution in [-0.4, -0.2) is 78.5 Å². The Bertz CT molecular complexity index is 436. The van der Waals surface area contributed by atoms with E-state index in [1.807, 2.05) is 11.8 Å². The summed E-state index contributed by atoms with van der Waals surface area (Å²) in [6.07, 6.45) is 7.17. The van der Waals surface area contributed by atoms with Crippen molar-refractivity contribution < 1.29 is 9.59 Å². The van der Waals surface area contributed by atoms with Crippen LogP contribution < -0.4 is 5.32 Å². The lowest BCUT2D eigenvalue weighted by atomic mass is 9.94. The van der Waals surface area contributed by atoms with Crippen molar-refractivity contribution in [3.63, 3.8) is 0 Å². The van der Waals surface area contributed by atoms with E-state index >= 15 is 0 Å². The number of urea groups is 1. The minimum atomic E-state index is 0.0282. The third-order valence-electron chi connectivity index (χ3n) is 5.84. The highest BCUT2D eigenvalue weighted by Crippen LogP contribution is 2.32. The lowest BCUT2D eigenvalue weighted by molar-refractivity contribution is -0.138. The maximum Gasteiger partial charge on any atom is 0.317 e.